The lowest BCUT2D eigenvalue weighted by molar-refractivity contribution is -0.134. The molecular formula is C56H68FN9O7. The van der Waals surface area contributed by atoms with Crippen molar-refractivity contribution in [1.29, 1.82) is 0 Å². The SMILES string of the molecule is CCOc1cc(OC)ccc1CNCC(=O)N1CCC[C@@H](c2cccc(C(=O)N3CCC(CN4CCN(CC(=O)N5CCN(C(=O)c6cc(Cc7n[nH]c(=O)c8ccccc78)ccc6F)CC5)CC4)CC3)c2)C1. The number of amides is 4. The summed E-state index contributed by atoms with van der Waals surface area (Å²) >= 11 is 0. The summed E-state index contributed by atoms with van der Waals surface area (Å²) in [4.78, 5) is 78.5. The molecular weight excluding hydrogens is 930 g/mol. The Bertz CT molecular complexity index is 2820. The Labute approximate surface area is 426 Å². The molecule has 1 aromatic heterocycles. The van der Waals surface area contributed by atoms with E-state index in [-0.39, 0.29) is 41.3 Å². The molecule has 4 amide bonds. The smallest absolute Gasteiger partial charge is 0.272 e. The second-order valence-electron chi connectivity index (χ2n) is 19.8. The monoisotopic (exact) mass is 998 g/mol. The van der Waals surface area contributed by atoms with Gasteiger partial charge in [-0.2, -0.15) is 5.10 Å². The van der Waals surface area contributed by atoms with Crippen molar-refractivity contribution in [1.82, 2.24) is 44.9 Å². The van der Waals surface area contributed by atoms with E-state index in [0.29, 0.717) is 92.4 Å². The Hall–Kier alpha value is -6.69. The molecule has 73 heavy (non-hydrogen) atoms. The van der Waals surface area contributed by atoms with Crippen molar-refractivity contribution >= 4 is 34.4 Å². The first-order valence-electron chi connectivity index (χ1n) is 26.0. The summed E-state index contributed by atoms with van der Waals surface area (Å²) in [6.07, 6.45) is 4.08. The number of hydrogen-bond acceptors (Lipinski definition) is 11. The predicted octanol–water partition coefficient (Wildman–Crippen LogP) is 5.01. The van der Waals surface area contributed by atoms with Crippen molar-refractivity contribution in [3.8, 4) is 11.5 Å². The number of aromatic amines is 1. The van der Waals surface area contributed by atoms with Gasteiger partial charge in [0.05, 0.1) is 43.4 Å². The summed E-state index contributed by atoms with van der Waals surface area (Å²) in [7, 11) is 1.63. The average Bonchev–Trinajstić information content (AvgIpc) is 3.43. The van der Waals surface area contributed by atoms with Crippen molar-refractivity contribution in [2.75, 3.05) is 112 Å². The Morgan fingerprint density at radius 1 is 0.740 bits per heavy atom. The first-order valence-corrected chi connectivity index (χ1v) is 26.0. The number of likely N-dealkylation sites (tertiary alicyclic amines) is 2. The highest BCUT2D eigenvalue weighted by atomic mass is 19.1. The number of carbonyl (C=O) groups excluding carboxylic acids is 4. The van der Waals surface area contributed by atoms with Crippen LogP contribution in [0.3, 0.4) is 0 Å². The highest BCUT2D eigenvalue weighted by Gasteiger charge is 2.31. The third-order valence-corrected chi connectivity index (χ3v) is 15.1. The number of nitrogens with zero attached hydrogens (tertiary/aromatic N) is 7. The number of aromatic nitrogens is 2. The number of piperidine rings is 2. The number of fused-ring (bicyclic) bond motifs is 1. The van der Waals surface area contributed by atoms with Gasteiger partial charge < -0.3 is 39.3 Å². The van der Waals surface area contributed by atoms with Gasteiger partial charge in [-0.05, 0) is 86.1 Å². The molecule has 4 aliphatic heterocycles. The van der Waals surface area contributed by atoms with Crippen LogP contribution < -0.4 is 20.3 Å². The van der Waals surface area contributed by atoms with E-state index >= 15 is 4.39 Å². The standard InChI is InChI=1S/C56H68FN9O7/c1-3-73-51-33-45(72-2)15-14-43(51)34-58-35-52(67)66-19-7-10-44(37-66)41-8-6-9-42(32-41)55(70)64-20-17-39(18-21-64)36-61-22-24-62(25-23-61)38-53(68)63-26-28-65(29-27-63)56(71)48-30-40(13-16-49(48)57)31-50-46-11-4-5-12-47(46)54(69)60-59-50/h4-6,8-9,11-16,30,32-33,39,44,58H,3,7,10,17-29,31,34-38H2,1-2H3,(H,60,69)/t44-/m1/s1. The van der Waals surface area contributed by atoms with Crippen molar-refractivity contribution in [2.45, 2.75) is 51.5 Å². The largest absolute Gasteiger partial charge is 0.497 e. The molecule has 17 heteroatoms. The molecule has 0 aliphatic carbocycles. The van der Waals surface area contributed by atoms with E-state index in [0.717, 1.165) is 101 Å². The number of halogens is 1. The van der Waals surface area contributed by atoms with Crippen molar-refractivity contribution in [3.05, 3.63) is 135 Å². The Morgan fingerprint density at radius 3 is 2.25 bits per heavy atom. The minimum Gasteiger partial charge on any atom is -0.497 e. The van der Waals surface area contributed by atoms with E-state index in [9.17, 15) is 24.0 Å². The molecule has 5 heterocycles. The molecule has 4 fully saturated rings. The predicted molar refractivity (Wildman–Crippen MR) is 276 cm³/mol. The fraction of sp³-hybridized carbons (Fsp3) is 0.464. The molecule has 4 aromatic carbocycles. The lowest BCUT2D eigenvalue weighted by Gasteiger charge is -2.40. The summed E-state index contributed by atoms with van der Waals surface area (Å²) in [5.74, 6) is 1.29. The molecule has 9 rings (SSSR count). The number of benzene rings is 4. The molecule has 0 bridgehead atoms. The Balaban J connectivity index is 0.673. The molecule has 16 nitrogen and oxygen atoms in total. The number of hydrogen-bond donors (Lipinski definition) is 2. The van der Waals surface area contributed by atoms with Crippen LogP contribution in [-0.2, 0) is 22.6 Å². The van der Waals surface area contributed by atoms with Gasteiger partial charge in [0, 0.05) is 127 Å². The van der Waals surface area contributed by atoms with E-state index in [1.54, 1.807) is 41.2 Å². The van der Waals surface area contributed by atoms with Crippen LogP contribution in [0.25, 0.3) is 10.8 Å². The summed E-state index contributed by atoms with van der Waals surface area (Å²) in [6.45, 7) is 12.0. The zero-order chi connectivity index (χ0) is 50.8. The topological polar surface area (TPSA) is 164 Å². The highest BCUT2D eigenvalue weighted by Crippen LogP contribution is 2.30. The molecule has 0 radical (unpaired) electrons. The van der Waals surface area contributed by atoms with Crippen LogP contribution in [0.2, 0.25) is 0 Å². The van der Waals surface area contributed by atoms with Crippen LogP contribution in [-0.4, -0.2) is 175 Å². The fourth-order valence-corrected chi connectivity index (χ4v) is 10.9. The molecule has 5 aromatic rings. The lowest BCUT2D eigenvalue weighted by atomic mass is 9.89. The minimum absolute atomic E-state index is 0.0208. The maximum atomic E-state index is 15.1. The van der Waals surface area contributed by atoms with E-state index in [1.807, 2.05) is 65.3 Å². The van der Waals surface area contributed by atoms with Gasteiger partial charge in [-0.1, -0.05) is 42.5 Å². The van der Waals surface area contributed by atoms with Gasteiger partial charge in [0.2, 0.25) is 11.8 Å². The Kier molecular flexibility index (Phi) is 16.8. The van der Waals surface area contributed by atoms with Gasteiger partial charge in [-0.15, -0.1) is 0 Å². The number of ether oxygens (including phenoxy) is 2. The average molecular weight is 998 g/mol. The normalized spacial score (nSPS) is 18.3. The number of carbonyl (C=O) groups is 4. The van der Waals surface area contributed by atoms with Crippen LogP contribution in [0.15, 0.2) is 89.7 Å². The van der Waals surface area contributed by atoms with Gasteiger partial charge in [0.25, 0.3) is 17.4 Å². The van der Waals surface area contributed by atoms with Gasteiger partial charge in [-0.25, -0.2) is 9.49 Å². The fourth-order valence-electron chi connectivity index (χ4n) is 10.9. The third kappa shape index (κ3) is 12.6. The number of piperazine rings is 2. The Morgan fingerprint density at radius 2 is 1.48 bits per heavy atom. The molecule has 4 aliphatic rings. The van der Waals surface area contributed by atoms with Crippen LogP contribution in [0.5, 0.6) is 11.5 Å². The first-order chi connectivity index (χ1) is 35.5. The second kappa shape index (κ2) is 23.9. The van der Waals surface area contributed by atoms with Crippen LogP contribution in [0.1, 0.15) is 81.6 Å². The van der Waals surface area contributed by atoms with Gasteiger partial charge in [-0.3, -0.25) is 28.9 Å². The van der Waals surface area contributed by atoms with Crippen LogP contribution in [0.4, 0.5) is 4.39 Å². The first kappa shape index (κ1) is 51.2. The van der Waals surface area contributed by atoms with E-state index in [2.05, 4.69) is 31.4 Å². The minimum atomic E-state index is -0.604. The van der Waals surface area contributed by atoms with Crippen molar-refractivity contribution in [2.24, 2.45) is 5.92 Å². The number of H-pyrrole nitrogens is 1. The number of nitrogens with one attached hydrogen (secondary N) is 2. The quantitative estimate of drug-likeness (QED) is 0.137. The molecule has 386 valence electrons. The van der Waals surface area contributed by atoms with Crippen LogP contribution >= 0.6 is 0 Å². The van der Waals surface area contributed by atoms with E-state index < -0.39 is 11.7 Å². The molecule has 4 saturated heterocycles. The van der Waals surface area contributed by atoms with Gasteiger partial charge in [0.1, 0.15) is 17.3 Å². The molecule has 0 unspecified atom stereocenters. The lowest BCUT2D eigenvalue weighted by Crippen LogP contribution is -2.55. The van der Waals surface area contributed by atoms with Crippen LogP contribution in [0, 0.1) is 11.7 Å². The molecule has 0 spiro atoms. The van der Waals surface area contributed by atoms with Gasteiger partial charge in [0.15, 0.2) is 0 Å². The maximum Gasteiger partial charge on any atom is 0.272 e. The zero-order valence-electron chi connectivity index (χ0n) is 42.2. The number of methoxy groups -OCH3 is 1. The second-order valence-corrected chi connectivity index (χ2v) is 19.8. The molecule has 0 saturated carbocycles. The summed E-state index contributed by atoms with van der Waals surface area (Å²) < 4.78 is 26.2. The van der Waals surface area contributed by atoms with Crippen molar-refractivity contribution < 1.29 is 33.0 Å². The molecule has 2 N–H and O–H groups in total. The number of rotatable bonds is 16. The van der Waals surface area contributed by atoms with Crippen molar-refractivity contribution in [3.63, 3.8) is 0 Å². The van der Waals surface area contributed by atoms with E-state index in [4.69, 9.17) is 9.47 Å². The summed E-state index contributed by atoms with van der Waals surface area (Å²) in [5, 5.41) is 11.3. The summed E-state index contributed by atoms with van der Waals surface area (Å²) in [6, 6.07) is 25.4. The van der Waals surface area contributed by atoms with Gasteiger partial charge >= 0.3 is 0 Å². The molecule has 1 atom stereocenters. The van der Waals surface area contributed by atoms with E-state index in [1.165, 1.54) is 6.07 Å². The third-order valence-electron chi connectivity index (χ3n) is 15.1. The highest BCUT2D eigenvalue weighted by molar-refractivity contribution is 5.95. The maximum absolute atomic E-state index is 15.1. The summed E-state index contributed by atoms with van der Waals surface area (Å²) in [5.41, 5.74) is 3.80. The zero-order valence-corrected chi connectivity index (χ0v) is 42.2.